The van der Waals surface area contributed by atoms with Crippen LogP contribution in [0.4, 0.5) is 38.1 Å². The van der Waals surface area contributed by atoms with Crippen LogP contribution in [-0.2, 0) is 19.4 Å². The summed E-state index contributed by atoms with van der Waals surface area (Å²) in [6.07, 6.45) is -3.50. The lowest BCUT2D eigenvalue weighted by Crippen LogP contribution is -2.27. The normalized spacial score (nSPS) is 16.2. The molecule has 172 valence electrons. The second kappa shape index (κ2) is 8.47. The van der Waals surface area contributed by atoms with Crippen molar-refractivity contribution < 1.29 is 30.8 Å². The van der Waals surface area contributed by atoms with Crippen LogP contribution in [-0.4, -0.2) is 33.3 Å². The van der Waals surface area contributed by atoms with Crippen molar-refractivity contribution in [3.05, 3.63) is 41.1 Å². The third-order valence-electron chi connectivity index (χ3n) is 5.15. The number of aryl methyl sites for hydroxylation is 1. The molecule has 0 aliphatic heterocycles. The van der Waals surface area contributed by atoms with Gasteiger partial charge < -0.3 is 15.1 Å². The van der Waals surface area contributed by atoms with E-state index >= 15 is 0 Å². The molecule has 0 radical (unpaired) electrons. The molecule has 32 heavy (non-hydrogen) atoms. The standard InChI is InChI=1S/C20H19F6N5O/c1-2-12(17(23)24)29-18-10-5-9(21)6-11(22)16(10)30-19(31-18)27-8-15-28-13-7-20(25,26)4-3-14(13)32-15/h5-6,12,17H,2-4,7-8H2,1H3,(H2,27,29,30,31)/t12-/m0/s1. The predicted molar refractivity (Wildman–Crippen MR) is 104 cm³/mol. The number of oxazole rings is 1. The molecule has 1 atom stereocenters. The summed E-state index contributed by atoms with van der Waals surface area (Å²) in [6, 6.07) is 0.271. The third kappa shape index (κ3) is 4.58. The molecule has 2 heterocycles. The summed E-state index contributed by atoms with van der Waals surface area (Å²) in [6.45, 7) is 1.42. The van der Waals surface area contributed by atoms with Gasteiger partial charge in [0.15, 0.2) is 5.82 Å². The number of alkyl halides is 4. The molecule has 1 aromatic carbocycles. The second-order valence-electron chi connectivity index (χ2n) is 7.54. The van der Waals surface area contributed by atoms with Gasteiger partial charge in [0.25, 0.3) is 12.3 Å². The average molecular weight is 459 g/mol. The maximum absolute atomic E-state index is 14.3. The largest absolute Gasteiger partial charge is 0.443 e. The number of hydrogen-bond acceptors (Lipinski definition) is 6. The van der Waals surface area contributed by atoms with Gasteiger partial charge in [-0.1, -0.05) is 6.92 Å². The van der Waals surface area contributed by atoms with E-state index in [0.717, 1.165) is 6.07 Å². The zero-order valence-corrected chi connectivity index (χ0v) is 16.9. The first-order valence-corrected chi connectivity index (χ1v) is 9.96. The number of aromatic nitrogens is 3. The molecule has 1 aliphatic rings. The van der Waals surface area contributed by atoms with Gasteiger partial charge in [0.2, 0.25) is 11.8 Å². The van der Waals surface area contributed by atoms with Crippen molar-refractivity contribution in [2.45, 2.75) is 57.5 Å². The molecule has 6 nitrogen and oxygen atoms in total. The van der Waals surface area contributed by atoms with E-state index in [0.29, 0.717) is 11.8 Å². The van der Waals surface area contributed by atoms with Crippen LogP contribution in [0, 0.1) is 11.6 Å². The van der Waals surface area contributed by atoms with Crippen LogP contribution in [0.5, 0.6) is 0 Å². The molecule has 4 rings (SSSR count). The van der Waals surface area contributed by atoms with Crippen molar-refractivity contribution in [3.63, 3.8) is 0 Å². The molecule has 12 heteroatoms. The fourth-order valence-corrected chi connectivity index (χ4v) is 3.50. The Balaban J connectivity index is 1.62. The van der Waals surface area contributed by atoms with E-state index in [1.54, 1.807) is 0 Å². The number of benzene rings is 1. The van der Waals surface area contributed by atoms with E-state index in [4.69, 9.17) is 4.42 Å². The van der Waals surface area contributed by atoms with Crippen LogP contribution in [0.3, 0.4) is 0 Å². The van der Waals surface area contributed by atoms with Crippen molar-refractivity contribution in [3.8, 4) is 0 Å². The molecule has 0 saturated heterocycles. The van der Waals surface area contributed by atoms with Crippen molar-refractivity contribution in [1.29, 1.82) is 0 Å². The minimum Gasteiger partial charge on any atom is -0.443 e. The van der Waals surface area contributed by atoms with Crippen molar-refractivity contribution in [1.82, 2.24) is 15.0 Å². The second-order valence-corrected chi connectivity index (χ2v) is 7.54. The van der Waals surface area contributed by atoms with Crippen molar-refractivity contribution in [2.75, 3.05) is 10.6 Å². The van der Waals surface area contributed by atoms with E-state index in [1.165, 1.54) is 6.92 Å². The molecule has 0 saturated carbocycles. The van der Waals surface area contributed by atoms with Crippen LogP contribution >= 0.6 is 0 Å². The van der Waals surface area contributed by atoms with E-state index in [1.807, 2.05) is 0 Å². The zero-order valence-electron chi connectivity index (χ0n) is 16.9. The summed E-state index contributed by atoms with van der Waals surface area (Å²) in [5, 5.41) is 5.15. The van der Waals surface area contributed by atoms with Gasteiger partial charge in [0, 0.05) is 24.3 Å². The summed E-state index contributed by atoms with van der Waals surface area (Å²) < 4.78 is 87.1. The van der Waals surface area contributed by atoms with Crippen LogP contribution in [0.2, 0.25) is 0 Å². The molecule has 0 amide bonds. The number of hydrogen-bond donors (Lipinski definition) is 2. The quantitative estimate of drug-likeness (QED) is 0.480. The Hall–Kier alpha value is -3.05. The fourth-order valence-electron chi connectivity index (χ4n) is 3.50. The highest BCUT2D eigenvalue weighted by atomic mass is 19.3. The molecule has 0 fully saturated rings. The maximum atomic E-state index is 14.3. The highest BCUT2D eigenvalue weighted by Gasteiger charge is 2.37. The van der Waals surface area contributed by atoms with Crippen molar-refractivity contribution >= 4 is 22.7 Å². The monoisotopic (exact) mass is 459 g/mol. The minimum absolute atomic E-state index is 0.0379. The Kier molecular flexibility index (Phi) is 5.87. The Morgan fingerprint density at radius 1 is 1.16 bits per heavy atom. The van der Waals surface area contributed by atoms with Gasteiger partial charge in [-0.25, -0.2) is 36.3 Å². The summed E-state index contributed by atoms with van der Waals surface area (Å²) >= 11 is 0. The third-order valence-corrected chi connectivity index (χ3v) is 5.15. The zero-order chi connectivity index (χ0) is 23.0. The van der Waals surface area contributed by atoms with Gasteiger partial charge >= 0.3 is 0 Å². The lowest BCUT2D eigenvalue weighted by molar-refractivity contribution is -0.0152. The van der Waals surface area contributed by atoms with Crippen LogP contribution in [0.25, 0.3) is 10.9 Å². The van der Waals surface area contributed by atoms with Gasteiger partial charge in [0.1, 0.15) is 22.9 Å². The molecular formula is C20H19F6N5O. The average Bonchev–Trinajstić information content (AvgIpc) is 3.11. The molecule has 0 unspecified atom stereocenters. The molecule has 0 bridgehead atoms. The Labute approximate surface area is 178 Å². The van der Waals surface area contributed by atoms with Gasteiger partial charge in [-0.3, -0.25) is 0 Å². The maximum Gasteiger partial charge on any atom is 0.258 e. The van der Waals surface area contributed by atoms with E-state index in [9.17, 15) is 26.3 Å². The molecule has 0 spiro atoms. The number of nitrogens with one attached hydrogen (secondary N) is 2. The Morgan fingerprint density at radius 2 is 1.94 bits per heavy atom. The lowest BCUT2D eigenvalue weighted by atomic mass is 9.98. The SMILES string of the molecule is CC[C@H](Nc1nc(NCc2nc3c(o2)CCC(F)(F)C3)nc2c(F)cc(F)cc12)C(F)F. The molecule has 2 N–H and O–H groups in total. The first kappa shape index (κ1) is 22.2. The molecule has 2 aromatic heterocycles. The highest BCUT2D eigenvalue weighted by molar-refractivity contribution is 5.90. The number of fused-ring (bicyclic) bond motifs is 2. The van der Waals surface area contributed by atoms with Crippen LogP contribution in [0.15, 0.2) is 16.5 Å². The smallest absolute Gasteiger partial charge is 0.258 e. The number of nitrogens with zero attached hydrogens (tertiary/aromatic N) is 3. The number of halogens is 6. The fraction of sp³-hybridized carbons (Fsp3) is 0.450. The number of anilines is 2. The minimum atomic E-state index is -2.84. The summed E-state index contributed by atoms with van der Waals surface area (Å²) in [4.78, 5) is 12.1. The van der Waals surface area contributed by atoms with Gasteiger partial charge in [-0.2, -0.15) is 4.98 Å². The first-order valence-electron chi connectivity index (χ1n) is 9.96. The summed E-state index contributed by atoms with van der Waals surface area (Å²) in [5.74, 6) is -4.60. The van der Waals surface area contributed by atoms with E-state index in [-0.39, 0.29) is 60.1 Å². The van der Waals surface area contributed by atoms with Gasteiger partial charge in [-0.05, 0) is 12.5 Å². The Bertz CT molecular complexity index is 1140. The van der Waals surface area contributed by atoms with Gasteiger partial charge in [-0.15, -0.1) is 0 Å². The first-order chi connectivity index (χ1) is 15.1. The van der Waals surface area contributed by atoms with Crippen LogP contribution < -0.4 is 10.6 Å². The van der Waals surface area contributed by atoms with E-state index < -0.39 is 36.4 Å². The Morgan fingerprint density at radius 3 is 2.66 bits per heavy atom. The molecule has 1 aliphatic carbocycles. The topological polar surface area (TPSA) is 75.9 Å². The molecule has 3 aromatic rings. The van der Waals surface area contributed by atoms with E-state index in [2.05, 4.69) is 25.6 Å². The van der Waals surface area contributed by atoms with Gasteiger partial charge in [0.05, 0.1) is 24.7 Å². The summed E-state index contributed by atoms with van der Waals surface area (Å²) in [7, 11) is 0. The summed E-state index contributed by atoms with van der Waals surface area (Å²) in [5.41, 5.74) is -0.106. The van der Waals surface area contributed by atoms with Crippen molar-refractivity contribution in [2.24, 2.45) is 0 Å². The highest BCUT2D eigenvalue weighted by Crippen LogP contribution is 2.33. The predicted octanol–water partition coefficient (Wildman–Crippen LogP) is 5.09. The van der Waals surface area contributed by atoms with Crippen LogP contribution in [0.1, 0.15) is 37.1 Å². The molecular weight excluding hydrogens is 440 g/mol. The lowest BCUT2D eigenvalue weighted by Gasteiger charge is -2.18. The number of rotatable bonds is 7.